The van der Waals surface area contributed by atoms with Gasteiger partial charge in [-0.15, -0.1) is 0 Å². The minimum Gasteiger partial charge on any atom is -0.491 e. The third-order valence-corrected chi connectivity index (χ3v) is 7.87. The molecule has 10 heteroatoms. The first-order valence-electron chi connectivity index (χ1n) is 16.4. The Hall–Kier alpha value is -4.42. The summed E-state index contributed by atoms with van der Waals surface area (Å²) in [5.41, 5.74) is 1.11. The van der Waals surface area contributed by atoms with Crippen molar-refractivity contribution in [2.24, 2.45) is 0 Å². The topological polar surface area (TPSA) is 163 Å². The van der Waals surface area contributed by atoms with Crippen LogP contribution in [-0.2, 0) is 11.2 Å². The fourth-order valence-corrected chi connectivity index (χ4v) is 5.05. The van der Waals surface area contributed by atoms with Crippen LogP contribution in [0.25, 0.3) is 0 Å². The molecule has 0 aliphatic rings. The normalized spacial score (nSPS) is 13.2. The monoisotopic (exact) mass is 686 g/mol. The molecular weight excluding hydrogens is 640 g/mol. The molecule has 0 aliphatic heterocycles. The summed E-state index contributed by atoms with van der Waals surface area (Å²) >= 11 is 0. The van der Waals surface area contributed by atoms with Gasteiger partial charge in [0.1, 0.15) is 54.2 Å². The van der Waals surface area contributed by atoms with E-state index >= 15 is 0 Å². The molecular formula is C40H46O10. The summed E-state index contributed by atoms with van der Waals surface area (Å²) < 4.78 is 17.5. The molecule has 266 valence electrons. The van der Waals surface area contributed by atoms with Gasteiger partial charge in [-0.05, 0) is 80.6 Å². The van der Waals surface area contributed by atoms with Crippen LogP contribution in [0.2, 0.25) is 0 Å². The molecule has 4 rings (SSSR count). The number of carbonyl (C=O) groups excluding carboxylic acids is 2. The van der Waals surface area contributed by atoms with Gasteiger partial charge in [0.05, 0.1) is 13.2 Å². The van der Waals surface area contributed by atoms with Crippen molar-refractivity contribution in [2.75, 3.05) is 26.4 Å². The fraction of sp³-hybridized carbons (Fsp3) is 0.350. The Morgan fingerprint density at radius 2 is 0.960 bits per heavy atom. The second kappa shape index (κ2) is 17.0. The Balaban J connectivity index is 1.37. The van der Waals surface area contributed by atoms with Crippen LogP contribution in [0, 0.1) is 0 Å². The molecule has 0 fully saturated rings. The summed E-state index contributed by atoms with van der Waals surface area (Å²) in [7, 11) is 0. The first-order chi connectivity index (χ1) is 23.6. The quantitative estimate of drug-likeness (QED) is 0.0945. The number of rotatable bonds is 18. The molecule has 0 spiro atoms. The van der Waals surface area contributed by atoms with Gasteiger partial charge in [0, 0.05) is 11.1 Å². The highest BCUT2D eigenvalue weighted by Gasteiger charge is 2.27. The molecule has 0 aliphatic carbocycles. The van der Waals surface area contributed by atoms with Crippen molar-refractivity contribution in [2.45, 2.75) is 63.6 Å². The number of ether oxygens (including phenoxy) is 3. The van der Waals surface area contributed by atoms with Crippen molar-refractivity contribution in [1.82, 2.24) is 0 Å². The molecule has 50 heavy (non-hydrogen) atoms. The minimum atomic E-state index is -1.53. The van der Waals surface area contributed by atoms with Gasteiger partial charge in [-0.1, -0.05) is 72.8 Å². The summed E-state index contributed by atoms with van der Waals surface area (Å²) in [4.78, 5) is 25.1. The maximum atomic E-state index is 12.6. The summed E-state index contributed by atoms with van der Waals surface area (Å²) in [5, 5.41) is 49.4. The number of hydrogen-bond acceptors (Lipinski definition) is 10. The van der Waals surface area contributed by atoms with Gasteiger partial charge in [-0.2, -0.15) is 0 Å². The minimum absolute atomic E-state index is 0.0162. The van der Waals surface area contributed by atoms with Crippen LogP contribution in [0.15, 0.2) is 97.1 Å². The molecule has 10 nitrogen and oxygen atoms in total. The smallest absolute Gasteiger partial charge is 0.193 e. The number of Topliss-reactive ketones (excluding diaryl/α,β-unsaturated/α-hetero) is 2. The van der Waals surface area contributed by atoms with Crippen molar-refractivity contribution < 1.29 is 49.3 Å². The van der Waals surface area contributed by atoms with Crippen molar-refractivity contribution >= 4 is 11.6 Å². The molecule has 0 aromatic heterocycles. The molecule has 5 N–H and O–H groups in total. The highest BCUT2D eigenvalue weighted by atomic mass is 16.5. The van der Waals surface area contributed by atoms with E-state index in [9.17, 15) is 30.0 Å². The highest BCUT2D eigenvalue weighted by Crippen LogP contribution is 2.29. The van der Waals surface area contributed by atoms with E-state index in [4.69, 9.17) is 19.3 Å². The summed E-state index contributed by atoms with van der Waals surface area (Å²) in [5.74, 6) is 0.337. The van der Waals surface area contributed by atoms with Crippen LogP contribution in [0.1, 0.15) is 76.8 Å². The third-order valence-electron chi connectivity index (χ3n) is 7.87. The Morgan fingerprint density at radius 1 is 0.580 bits per heavy atom. The van der Waals surface area contributed by atoms with Gasteiger partial charge >= 0.3 is 0 Å². The Bertz CT molecular complexity index is 1600. The first-order valence-corrected chi connectivity index (χ1v) is 16.4. The van der Waals surface area contributed by atoms with E-state index in [1.165, 1.54) is 27.7 Å². The van der Waals surface area contributed by atoms with E-state index in [2.05, 4.69) is 0 Å². The SMILES string of the molecule is CC(C)(O)C(=O)c1ccc(C(OCC(O)COc2ccc(Cc3ccc(OCC(O)CO)cc3)cc2)c2ccc(C(=O)C(C)(C)O)cc2)cc1. The van der Waals surface area contributed by atoms with E-state index in [0.29, 0.717) is 40.2 Å². The second-order valence-corrected chi connectivity index (χ2v) is 13.3. The average Bonchev–Trinajstić information content (AvgIpc) is 3.10. The molecule has 0 radical (unpaired) electrons. The van der Waals surface area contributed by atoms with Crippen LogP contribution < -0.4 is 9.47 Å². The van der Waals surface area contributed by atoms with Crippen LogP contribution in [-0.4, -0.2) is 86.9 Å². The van der Waals surface area contributed by atoms with Gasteiger partial charge in [-0.3, -0.25) is 9.59 Å². The molecule has 0 heterocycles. The van der Waals surface area contributed by atoms with E-state index in [0.717, 1.165) is 11.1 Å². The van der Waals surface area contributed by atoms with Gasteiger partial charge in [0.2, 0.25) is 0 Å². The van der Waals surface area contributed by atoms with E-state index in [1.54, 1.807) is 48.5 Å². The zero-order valence-electron chi connectivity index (χ0n) is 28.8. The van der Waals surface area contributed by atoms with Gasteiger partial charge in [-0.25, -0.2) is 0 Å². The zero-order chi connectivity index (χ0) is 36.5. The summed E-state index contributed by atoms with van der Waals surface area (Å²) in [6.07, 6.45) is -1.90. The molecule has 4 aromatic carbocycles. The maximum absolute atomic E-state index is 12.6. The van der Waals surface area contributed by atoms with Crippen molar-refractivity contribution in [3.05, 3.63) is 130 Å². The average molecular weight is 687 g/mol. The number of ketones is 2. The molecule has 2 atom stereocenters. The van der Waals surface area contributed by atoms with E-state index in [1.807, 2.05) is 48.5 Å². The van der Waals surface area contributed by atoms with Crippen LogP contribution in [0.5, 0.6) is 11.5 Å². The summed E-state index contributed by atoms with van der Waals surface area (Å²) in [6.45, 7) is 5.25. The number of aliphatic hydroxyl groups is 5. The second-order valence-electron chi connectivity index (χ2n) is 13.3. The van der Waals surface area contributed by atoms with Crippen LogP contribution >= 0.6 is 0 Å². The predicted molar refractivity (Wildman–Crippen MR) is 188 cm³/mol. The summed E-state index contributed by atoms with van der Waals surface area (Å²) in [6, 6.07) is 28.3. The lowest BCUT2D eigenvalue weighted by Gasteiger charge is -2.23. The van der Waals surface area contributed by atoms with Crippen LogP contribution in [0.3, 0.4) is 0 Å². The Labute approximate surface area is 292 Å². The van der Waals surface area contributed by atoms with Gasteiger partial charge in [0.15, 0.2) is 11.6 Å². The highest BCUT2D eigenvalue weighted by molar-refractivity contribution is 6.02. The lowest BCUT2D eigenvalue weighted by atomic mass is 9.92. The molecule has 4 aromatic rings. The number of carbonyl (C=O) groups is 2. The van der Waals surface area contributed by atoms with Gasteiger partial charge in [0.25, 0.3) is 0 Å². The van der Waals surface area contributed by atoms with Crippen molar-refractivity contribution in [3.63, 3.8) is 0 Å². The largest absolute Gasteiger partial charge is 0.491 e. The predicted octanol–water partition coefficient (Wildman–Crippen LogP) is 4.46. The molecule has 0 bridgehead atoms. The first kappa shape index (κ1) is 38.4. The third kappa shape index (κ3) is 11.0. The van der Waals surface area contributed by atoms with Gasteiger partial charge < -0.3 is 39.7 Å². The Morgan fingerprint density at radius 3 is 1.32 bits per heavy atom. The van der Waals surface area contributed by atoms with Crippen LogP contribution in [0.4, 0.5) is 0 Å². The Kier molecular flexibility index (Phi) is 13.0. The number of benzene rings is 4. The fourth-order valence-electron chi connectivity index (χ4n) is 5.05. The van der Waals surface area contributed by atoms with Crippen molar-refractivity contribution in [1.29, 1.82) is 0 Å². The zero-order valence-corrected chi connectivity index (χ0v) is 28.8. The maximum Gasteiger partial charge on any atom is 0.193 e. The lowest BCUT2D eigenvalue weighted by molar-refractivity contribution is -0.0122. The molecule has 2 unspecified atom stereocenters. The standard InChI is InChI=1S/C40H46O10/c1-39(2,46)37(44)30-13-9-28(10-14-30)36(29-11-15-31(16-12-29)38(45)40(3,4)47)50-25-33(43)24-49-35-19-7-27(8-20-35)21-26-5-17-34(18-6-26)48-23-32(42)22-41/h5-20,32-33,36,41-43,46-47H,21-25H2,1-4H3. The lowest BCUT2D eigenvalue weighted by Crippen LogP contribution is -2.31. The van der Waals surface area contributed by atoms with E-state index in [-0.39, 0.29) is 26.4 Å². The van der Waals surface area contributed by atoms with Crippen molar-refractivity contribution in [3.8, 4) is 11.5 Å². The molecule has 0 saturated carbocycles. The molecule has 0 amide bonds. The number of hydrogen-bond donors (Lipinski definition) is 5. The van der Waals surface area contributed by atoms with E-state index < -0.39 is 41.1 Å². The number of aliphatic hydroxyl groups excluding tert-OH is 3. The molecule has 0 saturated heterocycles.